The number of sulfone groups is 1. The number of hydrogen-bond donors (Lipinski definition) is 1. The molecular weight excluding hydrogens is 345 g/mol. The zero-order valence-electron chi connectivity index (χ0n) is 11.9. The molecule has 2 rings (SSSR count). The number of amides is 1. The molecule has 0 fully saturated rings. The molecule has 0 atom stereocenters. The van der Waals surface area contributed by atoms with E-state index in [1.165, 1.54) is 12.1 Å². The number of carbonyl (C=O) groups is 1. The van der Waals surface area contributed by atoms with Crippen LogP contribution < -0.4 is 5.32 Å². The Hall–Kier alpha value is -1.56. The summed E-state index contributed by atoms with van der Waals surface area (Å²) in [4.78, 5) is 12.4. The van der Waals surface area contributed by atoms with Crippen LogP contribution in [0.25, 0.3) is 0 Å². The molecule has 0 unspecified atom stereocenters. The smallest absolute Gasteiger partial charge is 0.258 e. The van der Waals surface area contributed by atoms with Crippen molar-refractivity contribution >= 4 is 44.6 Å². The van der Waals surface area contributed by atoms with E-state index in [4.69, 9.17) is 23.2 Å². The molecule has 0 saturated carbocycles. The summed E-state index contributed by atoms with van der Waals surface area (Å²) in [6.45, 7) is 1.81. The summed E-state index contributed by atoms with van der Waals surface area (Å²) < 4.78 is 23.1. The van der Waals surface area contributed by atoms with Gasteiger partial charge < -0.3 is 5.32 Å². The van der Waals surface area contributed by atoms with E-state index in [9.17, 15) is 13.2 Å². The van der Waals surface area contributed by atoms with E-state index in [2.05, 4.69) is 5.32 Å². The normalized spacial score (nSPS) is 11.3. The van der Waals surface area contributed by atoms with Crippen molar-refractivity contribution < 1.29 is 13.2 Å². The number of nitrogens with one attached hydrogen (secondary N) is 1. The van der Waals surface area contributed by atoms with Crippen molar-refractivity contribution in [3.8, 4) is 0 Å². The van der Waals surface area contributed by atoms with Crippen LogP contribution in [0.2, 0.25) is 10.0 Å². The van der Waals surface area contributed by atoms with Crippen LogP contribution in [-0.2, 0) is 9.84 Å². The van der Waals surface area contributed by atoms with Crippen LogP contribution in [0, 0.1) is 6.92 Å². The van der Waals surface area contributed by atoms with E-state index in [1.54, 1.807) is 24.3 Å². The van der Waals surface area contributed by atoms with Gasteiger partial charge in [-0.05, 0) is 42.8 Å². The molecule has 0 aromatic heterocycles. The molecule has 0 heterocycles. The maximum atomic E-state index is 12.3. The van der Waals surface area contributed by atoms with Crippen molar-refractivity contribution in [1.29, 1.82) is 0 Å². The quantitative estimate of drug-likeness (QED) is 0.903. The van der Waals surface area contributed by atoms with E-state index in [1.807, 2.05) is 6.92 Å². The third-order valence-corrected chi connectivity index (χ3v) is 4.64. The topological polar surface area (TPSA) is 63.2 Å². The van der Waals surface area contributed by atoms with Crippen molar-refractivity contribution in [2.75, 3.05) is 11.6 Å². The average Bonchev–Trinajstić information content (AvgIpc) is 2.36. The third kappa shape index (κ3) is 3.80. The first-order chi connectivity index (χ1) is 10.2. The van der Waals surface area contributed by atoms with E-state index in [-0.39, 0.29) is 20.5 Å². The zero-order valence-corrected chi connectivity index (χ0v) is 14.2. The molecule has 2 aromatic rings. The van der Waals surface area contributed by atoms with Gasteiger partial charge in [-0.25, -0.2) is 8.42 Å². The molecule has 2 aromatic carbocycles. The molecule has 1 N–H and O–H groups in total. The van der Waals surface area contributed by atoms with Gasteiger partial charge in [-0.15, -0.1) is 0 Å². The third-order valence-electron chi connectivity index (χ3n) is 2.93. The predicted octanol–water partition coefficient (Wildman–Crippen LogP) is 3.96. The first-order valence-electron chi connectivity index (χ1n) is 6.25. The highest BCUT2D eigenvalue weighted by Crippen LogP contribution is 2.27. The Bertz CT molecular complexity index is 825. The minimum Gasteiger partial charge on any atom is -0.322 e. The lowest BCUT2D eigenvalue weighted by Gasteiger charge is -2.10. The second-order valence-electron chi connectivity index (χ2n) is 4.86. The van der Waals surface area contributed by atoms with Crippen LogP contribution in [0.15, 0.2) is 41.3 Å². The molecule has 1 amide bonds. The monoisotopic (exact) mass is 357 g/mol. The van der Waals surface area contributed by atoms with Gasteiger partial charge in [0, 0.05) is 11.9 Å². The highest BCUT2D eigenvalue weighted by molar-refractivity contribution is 7.90. The van der Waals surface area contributed by atoms with Crippen LogP contribution in [0.4, 0.5) is 5.69 Å². The maximum absolute atomic E-state index is 12.3. The standard InChI is InChI=1S/C15H13Cl2NO3S/c1-9-6-12(16)14(13(17)7-9)15(19)18-10-4-3-5-11(8-10)22(2,20)21/h3-8H,1-2H3,(H,18,19). The lowest BCUT2D eigenvalue weighted by atomic mass is 10.1. The Kier molecular flexibility index (Phi) is 4.80. The van der Waals surface area contributed by atoms with Gasteiger partial charge in [-0.1, -0.05) is 29.3 Å². The van der Waals surface area contributed by atoms with Gasteiger partial charge in [0.05, 0.1) is 20.5 Å². The number of aryl methyl sites for hydroxylation is 1. The number of halogens is 2. The molecule has 0 saturated heterocycles. The molecule has 22 heavy (non-hydrogen) atoms. The Morgan fingerprint density at radius 3 is 2.23 bits per heavy atom. The second-order valence-corrected chi connectivity index (χ2v) is 7.69. The number of hydrogen-bond acceptors (Lipinski definition) is 3. The lowest BCUT2D eigenvalue weighted by Crippen LogP contribution is -2.13. The van der Waals surface area contributed by atoms with Crippen molar-refractivity contribution in [2.24, 2.45) is 0 Å². The van der Waals surface area contributed by atoms with Gasteiger partial charge in [-0.3, -0.25) is 4.79 Å². The Morgan fingerprint density at radius 2 is 1.68 bits per heavy atom. The van der Waals surface area contributed by atoms with Crippen molar-refractivity contribution in [2.45, 2.75) is 11.8 Å². The van der Waals surface area contributed by atoms with Crippen LogP contribution in [0.3, 0.4) is 0 Å². The molecule has 0 radical (unpaired) electrons. The Labute approximate surface area is 139 Å². The summed E-state index contributed by atoms with van der Waals surface area (Å²) >= 11 is 12.1. The van der Waals surface area contributed by atoms with Crippen LogP contribution in [-0.4, -0.2) is 20.6 Å². The second kappa shape index (κ2) is 6.28. The van der Waals surface area contributed by atoms with Gasteiger partial charge in [-0.2, -0.15) is 0 Å². The van der Waals surface area contributed by atoms with E-state index in [0.29, 0.717) is 5.69 Å². The summed E-state index contributed by atoms with van der Waals surface area (Å²) in [5.41, 5.74) is 1.34. The first-order valence-corrected chi connectivity index (χ1v) is 8.90. The Balaban J connectivity index is 2.34. The fourth-order valence-electron chi connectivity index (χ4n) is 1.91. The van der Waals surface area contributed by atoms with Crippen molar-refractivity contribution in [3.63, 3.8) is 0 Å². The number of carbonyl (C=O) groups excluding carboxylic acids is 1. The lowest BCUT2D eigenvalue weighted by molar-refractivity contribution is 0.102. The molecule has 0 aliphatic rings. The minimum absolute atomic E-state index is 0.117. The average molecular weight is 358 g/mol. The van der Waals surface area contributed by atoms with Gasteiger partial charge >= 0.3 is 0 Å². The molecule has 4 nitrogen and oxygen atoms in total. The molecule has 7 heteroatoms. The molecular formula is C15H13Cl2NO3S. The van der Waals surface area contributed by atoms with Crippen LogP contribution in [0.1, 0.15) is 15.9 Å². The fourth-order valence-corrected chi connectivity index (χ4v) is 3.35. The summed E-state index contributed by atoms with van der Waals surface area (Å²) in [5, 5.41) is 3.08. The van der Waals surface area contributed by atoms with Gasteiger partial charge in [0.25, 0.3) is 5.91 Å². The highest BCUT2D eigenvalue weighted by atomic mass is 35.5. The number of rotatable bonds is 3. The van der Waals surface area contributed by atoms with Gasteiger partial charge in [0.15, 0.2) is 9.84 Å². The van der Waals surface area contributed by atoms with E-state index < -0.39 is 15.7 Å². The van der Waals surface area contributed by atoms with Crippen LogP contribution in [0.5, 0.6) is 0 Å². The largest absolute Gasteiger partial charge is 0.322 e. The summed E-state index contributed by atoms with van der Waals surface area (Å²) in [6, 6.07) is 9.23. The fraction of sp³-hybridized carbons (Fsp3) is 0.133. The molecule has 0 bridgehead atoms. The van der Waals surface area contributed by atoms with E-state index >= 15 is 0 Å². The summed E-state index contributed by atoms with van der Waals surface area (Å²) in [7, 11) is -3.35. The summed E-state index contributed by atoms with van der Waals surface area (Å²) in [5.74, 6) is -0.499. The molecule has 0 aliphatic heterocycles. The highest BCUT2D eigenvalue weighted by Gasteiger charge is 2.16. The van der Waals surface area contributed by atoms with Gasteiger partial charge in [0.1, 0.15) is 0 Å². The molecule has 0 spiro atoms. The number of benzene rings is 2. The van der Waals surface area contributed by atoms with Crippen LogP contribution >= 0.6 is 23.2 Å². The van der Waals surface area contributed by atoms with E-state index in [0.717, 1.165) is 11.8 Å². The molecule has 116 valence electrons. The Morgan fingerprint density at radius 1 is 1.09 bits per heavy atom. The predicted molar refractivity (Wildman–Crippen MR) is 88.7 cm³/mol. The zero-order chi connectivity index (χ0) is 16.5. The van der Waals surface area contributed by atoms with Crippen molar-refractivity contribution in [1.82, 2.24) is 0 Å². The minimum atomic E-state index is -3.35. The summed E-state index contributed by atoms with van der Waals surface area (Å²) in [6.07, 6.45) is 1.10. The number of anilines is 1. The SMILES string of the molecule is Cc1cc(Cl)c(C(=O)Nc2cccc(S(C)(=O)=O)c2)c(Cl)c1. The van der Waals surface area contributed by atoms with Crippen molar-refractivity contribution in [3.05, 3.63) is 57.6 Å². The molecule has 0 aliphatic carbocycles. The van der Waals surface area contributed by atoms with Gasteiger partial charge in [0.2, 0.25) is 0 Å². The first kappa shape index (κ1) is 16.8. The maximum Gasteiger partial charge on any atom is 0.258 e.